The number of nitrogens with zero attached hydrogens (tertiary/aromatic N) is 1. The lowest BCUT2D eigenvalue weighted by Gasteiger charge is -2.16. The average Bonchev–Trinajstić information content (AvgIpc) is 2.39. The Morgan fingerprint density at radius 2 is 2.18 bits per heavy atom. The van der Waals surface area contributed by atoms with Gasteiger partial charge in [-0.3, -0.25) is 4.98 Å². The van der Waals surface area contributed by atoms with Gasteiger partial charge in [-0.2, -0.15) is 0 Å². The highest BCUT2D eigenvalue weighted by Crippen LogP contribution is 2.30. The van der Waals surface area contributed by atoms with Crippen molar-refractivity contribution in [2.24, 2.45) is 5.73 Å². The Labute approximate surface area is 109 Å². The molecule has 0 spiro atoms. The highest BCUT2D eigenvalue weighted by molar-refractivity contribution is 9.10. The van der Waals surface area contributed by atoms with Gasteiger partial charge in [0, 0.05) is 22.4 Å². The maximum absolute atomic E-state index is 6.21. The second kappa shape index (κ2) is 5.29. The van der Waals surface area contributed by atoms with E-state index in [1.165, 1.54) is 0 Å². The number of hydrogen-bond acceptors (Lipinski definition) is 3. The van der Waals surface area contributed by atoms with Crippen molar-refractivity contribution in [3.8, 4) is 5.75 Å². The molecule has 1 unspecified atom stereocenters. The minimum Gasteiger partial charge on any atom is -0.496 e. The maximum atomic E-state index is 6.21. The van der Waals surface area contributed by atoms with Crippen molar-refractivity contribution in [2.45, 2.75) is 6.04 Å². The van der Waals surface area contributed by atoms with Crippen LogP contribution in [0.15, 0.2) is 47.2 Å². The molecule has 1 aromatic heterocycles. The molecule has 1 heterocycles. The van der Waals surface area contributed by atoms with E-state index < -0.39 is 0 Å². The lowest BCUT2D eigenvalue weighted by Crippen LogP contribution is -2.13. The fourth-order valence-corrected chi connectivity index (χ4v) is 2.02. The fraction of sp³-hybridized carbons (Fsp3) is 0.154. The van der Waals surface area contributed by atoms with Crippen LogP contribution in [0.25, 0.3) is 0 Å². The maximum Gasteiger partial charge on any atom is 0.125 e. The first-order valence-corrected chi connectivity index (χ1v) is 6.00. The number of ether oxygens (including phenoxy) is 1. The lowest BCUT2D eigenvalue weighted by atomic mass is 10.0. The summed E-state index contributed by atoms with van der Waals surface area (Å²) in [5.41, 5.74) is 8.12. The van der Waals surface area contributed by atoms with E-state index in [1.807, 2.05) is 30.3 Å². The molecule has 0 amide bonds. The molecule has 0 saturated heterocycles. The first kappa shape index (κ1) is 12.1. The van der Waals surface area contributed by atoms with E-state index in [4.69, 9.17) is 10.5 Å². The zero-order valence-corrected chi connectivity index (χ0v) is 11.0. The van der Waals surface area contributed by atoms with E-state index in [1.54, 1.807) is 19.5 Å². The Kier molecular flexibility index (Phi) is 3.76. The van der Waals surface area contributed by atoms with E-state index >= 15 is 0 Å². The third kappa shape index (κ3) is 2.65. The van der Waals surface area contributed by atoms with Crippen LogP contribution in [0, 0.1) is 0 Å². The van der Waals surface area contributed by atoms with E-state index in [-0.39, 0.29) is 6.04 Å². The molecule has 0 aliphatic carbocycles. The zero-order chi connectivity index (χ0) is 12.3. The number of pyridine rings is 1. The number of aromatic nitrogens is 1. The summed E-state index contributed by atoms with van der Waals surface area (Å²) >= 11 is 3.41. The van der Waals surface area contributed by atoms with Crippen LogP contribution >= 0.6 is 15.9 Å². The van der Waals surface area contributed by atoms with Gasteiger partial charge in [0.2, 0.25) is 0 Å². The summed E-state index contributed by atoms with van der Waals surface area (Å²) in [7, 11) is 1.64. The zero-order valence-electron chi connectivity index (χ0n) is 9.43. The van der Waals surface area contributed by atoms with E-state index in [9.17, 15) is 0 Å². The summed E-state index contributed by atoms with van der Waals surface area (Å²) in [5.74, 6) is 0.774. The number of hydrogen-bond donors (Lipinski definition) is 1. The van der Waals surface area contributed by atoms with Gasteiger partial charge in [-0.25, -0.2) is 0 Å². The van der Waals surface area contributed by atoms with Crippen molar-refractivity contribution in [3.05, 3.63) is 58.3 Å². The smallest absolute Gasteiger partial charge is 0.125 e. The van der Waals surface area contributed by atoms with Gasteiger partial charge in [-0.05, 0) is 23.8 Å². The van der Waals surface area contributed by atoms with Gasteiger partial charge in [0.1, 0.15) is 5.75 Å². The quantitative estimate of drug-likeness (QED) is 0.946. The van der Waals surface area contributed by atoms with Crippen LogP contribution in [0.1, 0.15) is 17.2 Å². The van der Waals surface area contributed by atoms with Gasteiger partial charge in [-0.15, -0.1) is 0 Å². The van der Waals surface area contributed by atoms with Crippen molar-refractivity contribution in [3.63, 3.8) is 0 Å². The molecule has 0 fully saturated rings. The molecule has 0 aliphatic rings. The molecule has 88 valence electrons. The molecule has 17 heavy (non-hydrogen) atoms. The molecule has 4 heteroatoms. The van der Waals surface area contributed by atoms with Gasteiger partial charge in [0.15, 0.2) is 0 Å². The Morgan fingerprint density at radius 3 is 2.82 bits per heavy atom. The Hall–Kier alpha value is -1.39. The molecular weight excluding hydrogens is 280 g/mol. The van der Waals surface area contributed by atoms with Gasteiger partial charge in [-0.1, -0.05) is 28.1 Å². The predicted octanol–water partition coefficient (Wildman–Crippen LogP) is 2.90. The van der Waals surface area contributed by atoms with Crippen LogP contribution in [0.3, 0.4) is 0 Å². The largest absolute Gasteiger partial charge is 0.496 e. The summed E-state index contributed by atoms with van der Waals surface area (Å²) in [4.78, 5) is 4.07. The summed E-state index contributed by atoms with van der Waals surface area (Å²) in [5, 5.41) is 0. The van der Waals surface area contributed by atoms with Crippen LogP contribution < -0.4 is 10.5 Å². The van der Waals surface area contributed by atoms with Gasteiger partial charge < -0.3 is 10.5 Å². The molecule has 3 nitrogen and oxygen atoms in total. The minimum absolute atomic E-state index is 0.230. The monoisotopic (exact) mass is 292 g/mol. The highest BCUT2D eigenvalue weighted by Gasteiger charge is 2.14. The fourth-order valence-electron chi connectivity index (χ4n) is 1.68. The Bertz CT molecular complexity index is 502. The van der Waals surface area contributed by atoms with Crippen LogP contribution in [0.2, 0.25) is 0 Å². The summed E-state index contributed by atoms with van der Waals surface area (Å²) < 4.78 is 6.31. The number of rotatable bonds is 3. The molecule has 0 radical (unpaired) electrons. The highest BCUT2D eigenvalue weighted by atomic mass is 79.9. The molecule has 2 aromatic rings. The molecule has 2 N–H and O–H groups in total. The topological polar surface area (TPSA) is 48.1 Å². The van der Waals surface area contributed by atoms with Crippen molar-refractivity contribution in [2.75, 3.05) is 7.11 Å². The standard InChI is InChI=1S/C13H13BrN2O/c1-17-12-7-10(14)4-5-11(12)13(15)9-3-2-6-16-8-9/h2-8,13H,15H2,1H3. The minimum atomic E-state index is -0.230. The van der Waals surface area contributed by atoms with Crippen molar-refractivity contribution in [1.29, 1.82) is 0 Å². The first-order chi connectivity index (χ1) is 8.22. The van der Waals surface area contributed by atoms with E-state index in [2.05, 4.69) is 20.9 Å². The summed E-state index contributed by atoms with van der Waals surface area (Å²) in [6.07, 6.45) is 3.50. The van der Waals surface area contributed by atoms with Crippen LogP contribution in [-0.2, 0) is 0 Å². The van der Waals surface area contributed by atoms with Crippen LogP contribution in [-0.4, -0.2) is 12.1 Å². The van der Waals surface area contributed by atoms with E-state index in [0.717, 1.165) is 21.3 Å². The van der Waals surface area contributed by atoms with Gasteiger partial charge in [0.05, 0.1) is 13.2 Å². The third-order valence-corrected chi connectivity index (χ3v) is 3.07. The number of methoxy groups -OCH3 is 1. The Morgan fingerprint density at radius 1 is 1.35 bits per heavy atom. The molecule has 0 aliphatic heterocycles. The van der Waals surface area contributed by atoms with Crippen molar-refractivity contribution < 1.29 is 4.74 Å². The summed E-state index contributed by atoms with van der Waals surface area (Å²) in [6.45, 7) is 0. The third-order valence-electron chi connectivity index (χ3n) is 2.57. The second-order valence-electron chi connectivity index (χ2n) is 3.65. The van der Waals surface area contributed by atoms with Crippen molar-refractivity contribution >= 4 is 15.9 Å². The average molecular weight is 293 g/mol. The molecule has 1 atom stereocenters. The van der Waals surface area contributed by atoms with Gasteiger partial charge >= 0.3 is 0 Å². The van der Waals surface area contributed by atoms with Gasteiger partial charge in [0.25, 0.3) is 0 Å². The first-order valence-electron chi connectivity index (χ1n) is 5.21. The lowest BCUT2D eigenvalue weighted by molar-refractivity contribution is 0.407. The number of nitrogens with two attached hydrogens (primary N) is 1. The molecule has 2 rings (SSSR count). The Balaban J connectivity index is 2.40. The number of halogens is 1. The molecule has 0 saturated carbocycles. The molecular formula is C13H13BrN2O. The van der Waals surface area contributed by atoms with Crippen molar-refractivity contribution in [1.82, 2.24) is 4.98 Å². The predicted molar refractivity (Wildman–Crippen MR) is 71.0 cm³/mol. The summed E-state index contributed by atoms with van der Waals surface area (Å²) in [6, 6.07) is 9.42. The normalized spacial score (nSPS) is 12.2. The van der Waals surface area contributed by atoms with E-state index in [0.29, 0.717) is 0 Å². The molecule has 0 bridgehead atoms. The van der Waals surface area contributed by atoms with Crippen LogP contribution in [0.4, 0.5) is 0 Å². The second-order valence-corrected chi connectivity index (χ2v) is 4.57. The number of benzene rings is 1. The SMILES string of the molecule is COc1cc(Br)ccc1C(N)c1cccnc1. The van der Waals surface area contributed by atoms with Crippen LogP contribution in [0.5, 0.6) is 5.75 Å². The molecule has 1 aromatic carbocycles.